The van der Waals surface area contributed by atoms with Crippen LogP contribution in [0.1, 0.15) is 30.5 Å². The summed E-state index contributed by atoms with van der Waals surface area (Å²) in [4.78, 5) is 41.7. The molecule has 8 nitrogen and oxygen atoms in total. The van der Waals surface area contributed by atoms with Crippen LogP contribution in [0.3, 0.4) is 0 Å². The minimum Gasteiger partial charge on any atom is -0.381 e. The number of para-hydroxylation sites is 1. The molecule has 0 saturated carbocycles. The van der Waals surface area contributed by atoms with E-state index in [2.05, 4.69) is 38.5 Å². The van der Waals surface area contributed by atoms with Crippen LogP contribution in [0.5, 0.6) is 0 Å². The number of amides is 4. The van der Waals surface area contributed by atoms with Gasteiger partial charge in [-0.1, -0.05) is 66.7 Å². The molecule has 216 valence electrons. The molecule has 41 heavy (non-hydrogen) atoms. The van der Waals surface area contributed by atoms with Gasteiger partial charge in [-0.15, -0.1) is 11.8 Å². The minimum atomic E-state index is -1.57. The third kappa shape index (κ3) is 7.81. The Morgan fingerprint density at radius 3 is 2.39 bits per heavy atom. The van der Waals surface area contributed by atoms with Gasteiger partial charge in [0, 0.05) is 14.9 Å². The van der Waals surface area contributed by atoms with Crippen molar-refractivity contribution in [1.82, 2.24) is 15.5 Å². The molecule has 0 aliphatic carbocycles. The lowest BCUT2D eigenvalue weighted by Crippen LogP contribution is -2.59. The Morgan fingerprint density at radius 2 is 1.68 bits per heavy atom. The Hall–Kier alpha value is -3.09. The Balaban J connectivity index is 1.52. The fourth-order valence-corrected chi connectivity index (χ4v) is 6.50. The molecule has 4 amide bonds. The second-order valence-corrected chi connectivity index (χ2v) is 13.3. The number of aliphatic hydroxyl groups excluding tert-OH is 1. The van der Waals surface area contributed by atoms with Crippen LogP contribution in [-0.2, 0) is 22.6 Å². The van der Waals surface area contributed by atoms with E-state index in [-0.39, 0.29) is 18.2 Å². The van der Waals surface area contributed by atoms with Crippen molar-refractivity contribution in [2.45, 2.75) is 56.7 Å². The summed E-state index contributed by atoms with van der Waals surface area (Å²) in [5, 5.41) is 20.0. The molecular weight excluding hydrogens is 651 g/mol. The van der Waals surface area contributed by atoms with Crippen molar-refractivity contribution in [3.8, 4) is 0 Å². The van der Waals surface area contributed by atoms with E-state index in [0.29, 0.717) is 12.2 Å². The molecule has 0 spiro atoms. The zero-order chi connectivity index (χ0) is 29.6. The highest BCUT2D eigenvalue weighted by Gasteiger charge is 2.49. The van der Waals surface area contributed by atoms with Crippen molar-refractivity contribution in [1.29, 1.82) is 0 Å². The van der Waals surface area contributed by atoms with Crippen molar-refractivity contribution in [3.05, 3.63) is 99.1 Å². The van der Waals surface area contributed by atoms with Gasteiger partial charge in [0.1, 0.15) is 6.04 Å². The van der Waals surface area contributed by atoms with Gasteiger partial charge in [0.05, 0.1) is 17.6 Å². The van der Waals surface area contributed by atoms with E-state index in [4.69, 9.17) is 0 Å². The number of urea groups is 1. The zero-order valence-electron chi connectivity index (χ0n) is 23.3. The van der Waals surface area contributed by atoms with Crippen molar-refractivity contribution >= 4 is 57.9 Å². The average Bonchev–Trinajstić information content (AvgIpc) is 3.27. The maximum Gasteiger partial charge on any atom is 0.319 e. The first kappa shape index (κ1) is 30.9. The summed E-state index contributed by atoms with van der Waals surface area (Å²) in [5.74, 6) is -0.639. The molecule has 4 N–H and O–H groups in total. The predicted molar refractivity (Wildman–Crippen MR) is 171 cm³/mol. The molecular formula is C31H35IN4O4S. The summed E-state index contributed by atoms with van der Waals surface area (Å²) in [7, 11) is 0. The van der Waals surface area contributed by atoms with Crippen LogP contribution in [-0.4, -0.2) is 56.7 Å². The minimum absolute atomic E-state index is 0.224. The average molecular weight is 687 g/mol. The zero-order valence-corrected chi connectivity index (χ0v) is 26.2. The van der Waals surface area contributed by atoms with Gasteiger partial charge in [0.2, 0.25) is 5.91 Å². The number of aliphatic hydroxyl groups is 1. The van der Waals surface area contributed by atoms with Crippen LogP contribution in [0.25, 0.3) is 0 Å². The number of nitrogens with zero attached hydrogens (tertiary/aromatic N) is 1. The van der Waals surface area contributed by atoms with Gasteiger partial charge in [-0.05, 0) is 78.6 Å². The highest BCUT2D eigenvalue weighted by molar-refractivity contribution is 14.1. The monoisotopic (exact) mass is 686 g/mol. The first-order valence-electron chi connectivity index (χ1n) is 13.4. The number of hydrogen-bond acceptors (Lipinski definition) is 5. The molecule has 4 rings (SSSR count). The number of nitrogens with one attached hydrogen (secondary N) is 3. The largest absolute Gasteiger partial charge is 0.381 e. The number of carbonyl (C=O) groups excluding carboxylic acids is 3. The Kier molecular flexibility index (Phi) is 10.3. The van der Waals surface area contributed by atoms with E-state index < -0.39 is 34.9 Å². The van der Waals surface area contributed by atoms with Gasteiger partial charge in [-0.3, -0.25) is 9.59 Å². The summed E-state index contributed by atoms with van der Waals surface area (Å²) in [6.07, 6.45) is -1.35. The fraction of sp³-hybridized carbons (Fsp3) is 0.323. The van der Waals surface area contributed by atoms with Gasteiger partial charge in [0.15, 0.2) is 6.10 Å². The smallest absolute Gasteiger partial charge is 0.319 e. The highest BCUT2D eigenvalue weighted by Crippen LogP contribution is 2.40. The summed E-state index contributed by atoms with van der Waals surface area (Å²) in [6, 6.07) is 22.2. The Labute approximate surface area is 258 Å². The number of benzene rings is 3. The van der Waals surface area contributed by atoms with Crippen molar-refractivity contribution in [2.75, 3.05) is 11.2 Å². The van der Waals surface area contributed by atoms with Crippen molar-refractivity contribution in [3.63, 3.8) is 0 Å². The molecule has 1 aliphatic heterocycles. The number of halogens is 1. The van der Waals surface area contributed by atoms with E-state index in [1.54, 1.807) is 6.07 Å². The lowest BCUT2D eigenvalue weighted by molar-refractivity contribution is -0.147. The van der Waals surface area contributed by atoms with Gasteiger partial charge in [-0.2, -0.15) is 0 Å². The van der Waals surface area contributed by atoms with Crippen molar-refractivity contribution in [2.24, 2.45) is 0 Å². The highest BCUT2D eigenvalue weighted by atomic mass is 127. The first-order valence-corrected chi connectivity index (χ1v) is 15.4. The third-order valence-corrected chi connectivity index (χ3v) is 9.48. The molecule has 3 aromatic carbocycles. The van der Waals surface area contributed by atoms with Crippen LogP contribution in [0, 0.1) is 10.5 Å². The number of hydrogen-bond donors (Lipinski definition) is 4. The second-order valence-electron chi connectivity index (χ2n) is 10.6. The molecule has 0 aromatic heterocycles. The first-order chi connectivity index (χ1) is 19.6. The van der Waals surface area contributed by atoms with Crippen LogP contribution < -0.4 is 16.0 Å². The predicted octanol–water partition coefficient (Wildman–Crippen LogP) is 4.69. The maximum absolute atomic E-state index is 13.8. The number of carbonyl (C=O) groups is 3. The van der Waals surface area contributed by atoms with Crippen LogP contribution >= 0.6 is 34.4 Å². The SMILES string of the molecule is Cc1ccccc1CNC(=O)C1N(C(=O)C(O)C(Cc2ccccc2)NC(=O)Nc2ccccc2I)CSC1(C)C. The van der Waals surface area contributed by atoms with E-state index in [9.17, 15) is 19.5 Å². The quantitative estimate of drug-likeness (QED) is 0.245. The topological polar surface area (TPSA) is 111 Å². The summed E-state index contributed by atoms with van der Waals surface area (Å²) in [5.41, 5.74) is 3.53. The number of thioether (sulfide) groups is 1. The molecule has 0 bridgehead atoms. The van der Waals surface area contributed by atoms with E-state index in [0.717, 1.165) is 20.3 Å². The Morgan fingerprint density at radius 1 is 1.02 bits per heavy atom. The molecule has 3 aromatic rings. The Bertz CT molecular complexity index is 1390. The number of anilines is 1. The molecule has 3 unspecified atom stereocenters. The molecule has 1 aliphatic rings. The van der Waals surface area contributed by atoms with Gasteiger partial charge in [0.25, 0.3) is 5.91 Å². The van der Waals surface area contributed by atoms with E-state index >= 15 is 0 Å². The van der Waals surface area contributed by atoms with E-state index in [1.165, 1.54) is 16.7 Å². The summed E-state index contributed by atoms with van der Waals surface area (Å²) in [6.45, 7) is 6.16. The maximum atomic E-state index is 13.8. The third-order valence-electron chi connectivity index (χ3n) is 7.16. The second kappa shape index (κ2) is 13.7. The van der Waals surface area contributed by atoms with Crippen LogP contribution in [0.15, 0.2) is 78.9 Å². The molecule has 0 radical (unpaired) electrons. The molecule has 1 heterocycles. The molecule has 1 fully saturated rings. The fourth-order valence-electron chi connectivity index (χ4n) is 4.84. The van der Waals surface area contributed by atoms with Gasteiger partial charge in [-0.25, -0.2) is 4.79 Å². The molecule has 10 heteroatoms. The normalized spacial score (nSPS) is 17.4. The number of rotatable bonds is 9. The molecule has 3 atom stereocenters. The standard InChI is InChI=1S/C31H35IN4O4S/c1-20-11-7-8-14-22(20)18-33-28(38)27-31(2,3)41-19-36(27)29(39)26(37)25(17-21-12-5-4-6-13-21)35-30(40)34-24-16-10-9-15-23(24)32/h4-16,25-27,37H,17-19H2,1-3H3,(H,33,38)(H2,34,35,40). The van der Waals surface area contributed by atoms with Crippen LogP contribution in [0.2, 0.25) is 0 Å². The number of aryl methyl sites for hydroxylation is 1. The summed E-state index contributed by atoms with van der Waals surface area (Å²) < 4.78 is 0.280. The lowest BCUT2D eigenvalue weighted by atomic mass is 9.97. The lowest BCUT2D eigenvalue weighted by Gasteiger charge is -2.33. The van der Waals surface area contributed by atoms with Gasteiger partial charge < -0.3 is 26.0 Å². The van der Waals surface area contributed by atoms with E-state index in [1.807, 2.05) is 93.6 Å². The molecule has 1 saturated heterocycles. The summed E-state index contributed by atoms with van der Waals surface area (Å²) >= 11 is 3.61. The van der Waals surface area contributed by atoms with Gasteiger partial charge >= 0.3 is 6.03 Å². The van der Waals surface area contributed by atoms with Crippen molar-refractivity contribution < 1.29 is 19.5 Å². The van der Waals surface area contributed by atoms with Crippen LogP contribution in [0.4, 0.5) is 10.5 Å².